The van der Waals surface area contributed by atoms with Crippen LogP contribution >= 0.6 is 0 Å². The van der Waals surface area contributed by atoms with E-state index in [4.69, 9.17) is 4.74 Å². The van der Waals surface area contributed by atoms with E-state index in [-0.39, 0.29) is 17.9 Å². The number of benzene rings is 3. The van der Waals surface area contributed by atoms with Crippen molar-refractivity contribution >= 4 is 11.8 Å². The van der Waals surface area contributed by atoms with Crippen molar-refractivity contribution in [1.29, 1.82) is 0 Å². The first kappa shape index (κ1) is 20.7. The van der Waals surface area contributed by atoms with Gasteiger partial charge in [0.1, 0.15) is 5.75 Å². The highest BCUT2D eigenvalue weighted by molar-refractivity contribution is 5.95. The van der Waals surface area contributed by atoms with Crippen LogP contribution in [0.1, 0.15) is 33.6 Å². The summed E-state index contributed by atoms with van der Waals surface area (Å²) in [4.78, 5) is 27.3. The molecule has 1 fully saturated rings. The van der Waals surface area contributed by atoms with E-state index in [9.17, 15) is 9.59 Å². The number of rotatable bonds is 5. The molecule has 1 aliphatic rings. The molecule has 0 saturated carbocycles. The number of hydrogen-bond donors (Lipinski definition) is 1. The second kappa shape index (κ2) is 9.47. The lowest BCUT2D eigenvalue weighted by molar-refractivity contribution is 0.0697. The normalized spacial score (nSPS) is 14.2. The Bertz CT molecular complexity index is 1040. The predicted molar refractivity (Wildman–Crippen MR) is 121 cm³/mol. The number of amides is 2. The zero-order valence-corrected chi connectivity index (χ0v) is 17.6. The van der Waals surface area contributed by atoms with Gasteiger partial charge in [-0.15, -0.1) is 0 Å². The number of carbonyl (C=O) groups excluding carboxylic acids is 2. The molecule has 3 aromatic carbocycles. The quantitative estimate of drug-likeness (QED) is 0.673. The fourth-order valence-corrected chi connectivity index (χ4v) is 3.88. The average molecular weight is 415 g/mol. The van der Waals surface area contributed by atoms with Crippen LogP contribution in [-0.4, -0.2) is 43.0 Å². The monoisotopic (exact) mass is 414 g/mol. The zero-order chi connectivity index (χ0) is 21.6. The number of ether oxygens (including phenoxy) is 1. The van der Waals surface area contributed by atoms with E-state index in [1.165, 1.54) is 0 Å². The minimum absolute atomic E-state index is 0.000164. The van der Waals surface area contributed by atoms with Gasteiger partial charge in [-0.25, -0.2) is 0 Å². The molecule has 0 aromatic heterocycles. The minimum atomic E-state index is -0.0721. The fraction of sp³-hybridized carbons (Fsp3) is 0.231. The highest BCUT2D eigenvalue weighted by Gasteiger charge is 2.25. The predicted octanol–water partition coefficient (Wildman–Crippen LogP) is 4.40. The molecule has 0 aliphatic carbocycles. The molecule has 31 heavy (non-hydrogen) atoms. The van der Waals surface area contributed by atoms with Gasteiger partial charge in [0.15, 0.2) is 0 Å². The smallest absolute Gasteiger partial charge is 0.253 e. The number of methoxy groups -OCH3 is 1. The van der Waals surface area contributed by atoms with Crippen LogP contribution in [0.15, 0.2) is 78.9 Å². The third-order valence-corrected chi connectivity index (χ3v) is 5.69. The van der Waals surface area contributed by atoms with Gasteiger partial charge in [0.25, 0.3) is 11.8 Å². The van der Waals surface area contributed by atoms with Crippen LogP contribution in [0.25, 0.3) is 11.1 Å². The van der Waals surface area contributed by atoms with Crippen LogP contribution < -0.4 is 10.1 Å². The Morgan fingerprint density at radius 3 is 2.19 bits per heavy atom. The van der Waals surface area contributed by atoms with Gasteiger partial charge in [-0.1, -0.05) is 48.5 Å². The first-order valence-electron chi connectivity index (χ1n) is 10.5. The molecule has 5 heteroatoms. The number of hydrogen-bond acceptors (Lipinski definition) is 3. The van der Waals surface area contributed by atoms with Crippen molar-refractivity contribution in [1.82, 2.24) is 10.2 Å². The third-order valence-electron chi connectivity index (χ3n) is 5.69. The van der Waals surface area contributed by atoms with E-state index in [1.54, 1.807) is 19.2 Å². The molecule has 0 unspecified atom stereocenters. The average Bonchev–Trinajstić information content (AvgIpc) is 2.84. The molecule has 3 aromatic rings. The molecule has 1 aliphatic heterocycles. The van der Waals surface area contributed by atoms with Crippen molar-refractivity contribution in [2.24, 2.45) is 0 Å². The second-order valence-electron chi connectivity index (χ2n) is 7.72. The van der Waals surface area contributed by atoms with E-state index in [0.29, 0.717) is 30.0 Å². The molecule has 2 amide bonds. The Morgan fingerprint density at radius 2 is 1.52 bits per heavy atom. The van der Waals surface area contributed by atoms with Gasteiger partial charge in [0.2, 0.25) is 0 Å². The van der Waals surface area contributed by atoms with E-state index in [1.807, 2.05) is 59.5 Å². The lowest BCUT2D eigenvalue weighted by Crippen LogP contribution is -2.46. The topological polar surface area (TPSA) is 58.6 Å². The summed E-state index contributed by atoms with van der Waals surface area (Å²) in [6.07, 6.45) is 1.48. The summed E-state index contributed by atoms with van der Waals surface area (Å²) in [7, 11) is 1.59. The summed E-state index contributed by atoms with van der Waals surface area (Å²) in [5, 5.41) is 3.11. The molecule has 4 rings (SSSR count). The van der Waals surface area contributed by atoms with Crippen molar-refractivity contribution in [3.05, 3.63) is 90.0 Å². The number of nitrogens with zero attached hydrogens (tertiary/aromatic N) is 1. The lowest BCUT2D eigenvalue weighted by Gasteiger charge is -2.32. The van der Waals surface area contributed by atoms with Crippen molar-refractivity contribution in [3.63, 3.8) is 0 Å². The second-order valence-corrected chi connectivity index (χ2v) is 7.72. The minimum Gasteiger partial charge on any atom is -0.497 e. The van der Waals surface area contributed by atoms with Gasteiger partial charge in [0.05, 0.1) is 7.11 Å². The fourth-order valence-electron chi connectivity index (χ4n) is 3.88. The van der Waals surface area contributed by atoms with Crippen molar-refractivity contribution in [2.45, 2.75) is 18.9 Å². The molecular weight excluding hydrogens is 388 g/mol. The number of likely N-dealkylation sites (tertiary alicyclic amines) is 1. The number of carbonyl (C=O) groups is 2. The Kier molecular flexibility index (Phi) is 6.32. The molecule has 0 radical (unpaired) electrons. The molecule has 5 nitrogen and oxygen atoms in total. The largest absolute Gasteiger partial charge is 0.497 e. The molecule has 0 atom stereocenters. The Labute approximate surface area is 182 Å². The van der Waals surface area contributed by atoms with Gasteiger partial charge >= 0.3 is 0 Å². The van der Waals surface area contributed by atoms with E-state index in [0.717, 1.165) is 24.0 Å². The number of nitrogens with one attached hydrogen (secondary N) is 1. The maximum absolute atomic E-state index is 12.8. The van der Waals surface area contributed by atoms with Crippen LogP contribution in [0.2, 0.25) is 0 Å². The molecular formula is C26H26N2O3. The molecule has 1 saturated heterocycles. The molecule has 1 N–H and O–H groups in total. The number of piperidine rings is 1. The maximum atomic E-state index is 12.8. The van der Waals surface area contributed by atoms with E-state index in [2.05, 4.69) is 17.4 Å². The van der Waals surface area contributed by atoms with Gasteiger partial charge in [-0.3, -0.25) is 9.59 Å². The lowest BCUT2D eigenvalue weighted by atomic mass is 10.0. The summed E-state index contributed by atoms with van der Waals surface area (Å²) in [6.45, 7) is 1.24. The zero-order valence-electron chi connectivity index (χ0n) is 17.6. The van der Waals surface area contributed by atoms with Crippen molar-refractivity contribution in [2.75, 3.05) is 20.2 Å². The highest BCUT2D eigenvalue weighted by atomic mass is 16.5. The summed E-state index contributed by atoms with van der Waals surface area (Å²) in [5.41, 5.74) is 3.49. The van der Waals surface area contributed by atoms with Gasteiger partial charge < -0.3 is 15.0 Å². The van der Waals surface area contributed by atoms with Crippen LogP contribution in [-0.2, 0) is 0 Å². The summed E-state index contributed by atoms with van der Waals surface area (Å²) in [6, 6.07) is 25.0. The molecule has 1 heterocycles. The van der Waals surface area contributed by atoms with Crippen LogP contribution in [0.3, 0.4) is 0 Å². The highest BCUT2D eigenvalue weighted by Crippen LogP contribution is 2.20. The first-order valence-corrected chi connectivity index (χ1v) is 10.5. The standard InChI is InChI=1S/C26H26N2O3/c1-31-24-9-5-8-22(18-24)26(30)28-16-14-23(15-17-28)27-25(29)21-12-10-20(11-13-21)19-6-3-2-4-7-19/h2-13,18,23H,14-17H2,1H3,(H,27,29). The molecule has 158 valence electrons. The Balaban J connectivity index is 1.31. The SMILES string of the molecule is COc1cccc(C(=O)N2CCC(NC(=O)c3ccc(-c4ccccc4)cc3)CC2)c1. The third kappa shape index (κ3) is 4.94. The van der Waals surface area contributed by atoms with Gasteiger partial charge in [-0.2, -0.15) is 0 Å². The molecule has 0 bridgehead atoms. The Morgan fingerprint density at radius 1 is 0.839 bits per heavy atom. The summed E-state index contributed by atoms with van der Waals surface area (Å²) in [5.74, 6) is 0.601. The first-order chi connectivity index (χ1) is 15.1. The van der Waals surface area contributed by atoms with E-state index < -0.39 is 0 Å². The maximum Gasteiger partial charge on any atom is 0.253 e. The van der Waals surface area contributed by atoms with E-state index >= 15 is 0 Å². The Hall–Kier alpha value is -3.60. The van der Waals surface area contributed by atoms with Gasteiger partial charge in [-0.05, 0) is 54.3 Å². The molecule has 0 spiro atoms. The van der Waals surface area contributed by atoms with Crippen LogP contribution in [0.4, 0.5) is 0 Å². The van der Waals surface area contributed by atoms with Gasteiger partial charge in [0, 0.05) is 30.3 Å². The van der Waals surface area contributed by atoms with Crippen molar-refractivity contribution < 1.29 is 14.3 Å². The van der Waals surface area contributed by atoms with Crippen LogP contribution in [0, 0.1) is 0 Å². The van der Waals surface area contributed by atoms with Crippen molar-refractivity contribution in [3.8, 4) is 16.9 Å². The van der Waals surface area contributed by atoms with Crippen LogP contribution in [0.5, 0.6) is 5.75 Å². The summed E-state index contributed by atoms with van der Waals surface area (Å²) >= 11 is 0. The summed E-state index contributed by atoms with van der Waals surface area (Å²) < 4.78 is 5.21.